The van der Waals surface area contributed by atoms with Crippen molar-refractivity contribution in [2.24, 2.45) is 11.3 Å². The zero-order valence-electron chi connectivity index (χ0n) is 14.3. The molecule has 4 rings (SSSR count). The van der Waals surface area contributed by atoms with E-state index in [0.717, 1.165) is 31.7 Å². The van der Waals surface area contributed by atoms with Gasteiger partial charge in [-0.15, -0.1) is 0 Å². The molecule has 1 aromatic rings. The minimum atomic E-state index is 0.138. The second-order valence-electron chi connectivity index (χ2n) is 7.85. The van der Waals surface area contributed by atoms with E-state index in [1.54, 1.807) is 0 Å². The summed E-state index contributed by atoms with van der Waals surface area (Å²) in [5, 5.41) is 0. The van der Waals surface area contributed by atoms with Crippen LogP contribution in [-0.4, -0.2) is 49.7 Å². The van der Waals surface area contributed by atoms with Crippen molar-refractivity contribution in [2.75, 3.05) is 31.6 Å². The van der Waals surface area contributed by atoms with Gasteiger partial charge in [0.25, 0.3) is 0 Å². The molecular formula is C19H26N2O2. The van der Waals surface area contributed by atoms with Crippen molar-refractivity contribution in [3.05, 3.63) is 29.8 Å². The van der Waals surface area contributed by atoms with Gasteiger partial charge in [0.2, 0.25) is 5.91 Å². The number of benzene rings is 1. The van der Waals surface area contributed by atoms with Crippen LogP contribution in [0.25, 0.3) is 0 Å². The highest BCUT2D eigenvalue weighted by Gasteiger charge is 2.60. The van der Waals surface area contributed by atoms with Gasteiger partial charge < -0.3 is 9.64 Å². The molecule has 2 aliphatic heterocycles. The van der Waals surface area contributed by atoms with E-state index in [-0.39, 0.29) is 11.3 Å². The molecule has 3 atom stereocenters. The lowest BCUT2D eigenvalue weighted by Crippen LogP contribution is -2.66. The SMILES string of the molecule is CN(CC(=O)N1CCc2ccccc21)[C@@H]1[C@@H]2CCO[C@H]2C1(C)C. The van der Waals surface area contributed by atoms with Crippen LogP contribution in [0, 0.1) is 11.3 Å². The minimum absolute atomic E-state index is 0.138. The van der Waals surface area contributed by atoms with E-state index in [1.165, 1.54) is 5.56 Å². The first kappa shape index (κ1) is 15.2. The largest absolute Gasteiger partial charge is 0.377 e. The fourth-order valence-electron chi connectivity index (χ4n) is 5.19. The molecule has 4 nitrogen and oxygen atoms in total. The number of carbonyl (C=O) groups excluding carboxylic acids is 1. The Labute approximate surface area is 138 Å². The molecule has 1 aliphatic carbocycles. The number of rotatable bonds is 3. The smallest absolute Gasteiger partial charge is 0.241 e. The van der Waals surface area contributed by atoms with E-state index in [1.807, 2.05) is 11.0 Å². The number of fused-ring (bicyclic) bond motifs is 2. The van der Waals surface area contributed by atoms with Crippen LogP contribution >= 0.6 is 0 Å². The second kappa shape index (κ2) is 5.32. The molecule has 0 unspecified atom stereocenters. The number of para-hydroxylation sites is 1. The lowest BCUT2D eigenvalue weighted by molar-refractivity contribution is -0.153. The third-order valence-corrected chi connectivity index (χ3v) is 6.09. The molecule has 4 heteroatoms. The van der Waals surface area contributed by atoms with Crippen molar-refractivity contribution < 1.29 is 9.53 Å². The van der Waals surface area contributed by atoms with Gasteiger partial charge in [0, 0.05) is 36.2 Å². The fraction of sp³-hybridized carbons (Fsp3) is 0.632. The maximum absolute atomic E-state index is 12.8. The zero-order valence-corrected chi connectivity index (χ0v) is 14.3. The number of hydrogen-bond acceptors (Lipinski definition) is 3. The minimum Gasteiger partial charge on any atom is -0.377 e. The van der Waals surface area contributed by atoms with Gasteiger partial charge in [-0.25, -0.2) is 0 Å². The third-order valence-electron chi connectivity index (χ3n) is 6.09. The Kier molecular flexibility index (Phi) is 3.50. The summed E-state index contributed by atoms with van der Waals surface area (Å²) in [7, 11) is 2.10. The Morgan fingerprint density at radius 3 is 3.00 bits per heavy atom. The standard InChI is InChI=1S/C19H26N2O2/c1-19(2)17(14-9-11-23-18(14)19)20(3)12-16(22)21-10-8-13-6-4-5-7-15(13)21/h4-7,14,17-18H,8-12H2,1-3H3/t14-,17+,18+/m0/s1. The predicted octanol–water partition coefficient (Wildman–Crippen LogP) is 2.32. The molecule has 1 amide bonds. The maximum Gasteiger partial charge on any atom is 0.241 e. The van der Waals surface area contributed by atoms with Crippen LogP contribution in [0.5, 0.6) is 0 Å². The maximum atomic E-state index is 12.8. The molecule has 0 spiro atoms. The van der Waals surface area contributed by atoms with Gasteiger partial charge in [-0.1, -0.05) is 32.0 Å². The van der Waals surface area contributed by atoms with Crippen LogP contribution in [0.4, 0.5) is 5.69 Å². The van der Waals surface area contributed by atoms with Crippen LogP contribution in [0.15, 0.2) is 24.3 Å². The van der Waals surface area contributed by atoms with Crippen molar-refractivity contribution in [1.29, 1.82) is 0 Å². The van der Waals surface area contributed by atoms with Crippen molar-refractivity contribution in [3.63, 3.8) is 0 Å². The number of anilines is 1. The number of nitrogens with zero attached hydrogens (tertiary/aromatic N) is 2. The van der Waals surface area contributed by atoms with E-state index < -0.39 is 0 Å². The van der Waals surface area contributed by atoms with Crippen molar-refractivity contribution in [3.8, 4) is 0 Å². The van der Waals surface area contributed by atoms with Gasteiger partial charge in [-0.3, -0.25) is 9.69 Å². The Hall–Kier alpha value is -1.39. The van der Waals surface area contributed by atoms with Gasteiger partial charge >= 0.3 is 0 Å². The Morgan fingerprint density at radius 2 is 2.17 bits per heavy atom. The number of likely N-dealkylation sites (N-methyl/N-ethyl adjacent to an activating group) is 1. The molecule has 1 saturated carbocycles. The average molecular weight is 314 g/mol. The number of ether oxygens (including phenoxy) is 1. The predicted molar refractivity (Wildman–Crippen MR) is 90.5 cm³/mol. The molecule has 0 radical (unpaired) electrons. The van der Waals surface area contributed by atoms with E-state index in [0.29, 0.717) is 24.6 Å². The highest BCUT2D eigenvalue weighted by molar-refractivity contribution is 5.96. The molecule has 2 heterocycles. The summed E-state index contributed by atoms with van der Waals surface area (Å²) < 4.78 is 5.88. The second-order valence-corrected chi connectivity index (χ2v) is 7.85. The molecule has 23 heavy (non-hydrogen) atoms. The summed E-state index contributed by atoms with van der Waals surface area (Å²) in [6.45, 7) is 6.73. The first-order chi connectivity index (χ1) is 11.0. The molecule has 0 bridgehead atoms. The normalized spacial score (nSPS) is 31.0. The summed E-state index contributed by atoms with van der Waals surface area (Å²) in [6.07, 6.45) is 2.47. The highest BCUT2D eigenvalue weighted by atomic mass is 16.5. The number of amides is 1. The summed E-state index contributed by atoms with van der Waals surface area (Å²) in [4.78, 5) is 17.0. The van der Waals surface area contributed by atoms with Crippen LogP contribution in [0.3, 0.4) is 0 Å². The third kappa shape index (κ3) is 2.23. The Bertz CT molecular complexity index is 628. The fourth-order valence-corrected chi connectivity index (χ4v) is 5.19. The van der Waals surface area contributed by atoms with E-state index in [9.17, 15) is 4.79 Å². The van der Waals surface area contributed by atoms with Gasteiger partial charge in [0.15, 0.2) is 0 Å². The van der Waals surface area contributed by atoms with Gasteiger partial charge in [0.1, 0.15) is 0 Å². The van der Waals surface area contributed by atoms with Crippen LogP contribution in [0.1, 0.15) is 25.8 Å². The quantitative estimate of drug-likeness (QED) is 0.858. The number of hydrogen-bond donors (Lipinski definition) is 0. The Morgan fingerprint density at radius 1 is 1.39 bits per heavy atom. The van der Waals surface area contributed by atoms with Crippen LogP contribution in [0.2, 0.25) is 0 Å². The van der Waals surface area contributed by atoms with Gasteiger partial charge in [-0.05, 0) is 31.5 Å². The Balaban J connectivity index is 1.45. The summed E-state index contributed by atoms with van der Waals surface area (Å²) in [5.41, 5.74) is 2.52. The molecule has 124 valence electrons. The molecular weight excluding hydrogens is 288 g/mol. The monoisotopic (exact) mass is 314 g/mol. The van der Waals surface area contributed by atoms with Crippen LogP contribution in [-0.2, 0) is 16.0 Å². The van der Waals surface area contributed by atoms with Crippen molar-refractivity contribution in [1.82, 2.24) is 4.90 Å². The summed E-state index contributed by atoms with van der Waals surface area (Å²) in [5.74, 6) is 0.810. The van der Waals surface area contributed by atoms with Crippen molar-refractivity contribution >= 4 is 11.6 Å². The lowest BCUT2D eigenvalue weighted by Gasteiger charge is -2.57. The first-order valence-electron chi connectivity index (χ1n) is 8.70. The van der Waals surface area contributed by atoms with Crippen LogP contribution < -0.4 is 4.90 Å². The topological polar surface area (TPSA) is 32.8 Å². The molecule has 1 saturated heterocycles. The van der Waals surface area contributed by atoms with Gasteiger partial charge in [-0.2, -0.15) is 0 Å². The van der Waals surface area contributed by atoms with Gasteiger partial charge in [0.05, 0.1) is 12.6 Å². The summed E-state index contributed by atoms with van der Waals surface area (Å²) >= 11 is 0. The highest BCUT2D eigenvalue weighted by Crippen LogP contribution is 2.54. The van der Waals surface area contributed by atoms with E-state index in [4.69, 9.17) is 4.74 Å². The summed E-state index contributed by atoms with van der Waals surface area (Å²) in [6, 6.07) is 8.70. The molecule has 0 aromatic heterocycles. The zero-order chi connectivity index (χ0) is 16.2. The molecule has 2 fully saturated rings. The lowest BCUT2D eigenvalue weighted by atomic mass is 9.57. The first-order valence-corrected chi connectivity index (χ1v) is 8.70. The molecule has 3 aliphatic rings. The van der Waals surface area contributed by atoms with E-state index in [2.05, 4.69) is 44.0 Å². The van der Waals surface area contributed by atoms with Crippen molar-refractivity contribution in [2.45, 2.75) is 38.8 Å². The molecule has 0 N–H and O–H groups in total. The average Bonchev–Trinajstić information content (AvgIpc) is 3.11. The number of carbonyl (C=O) groups is 1. The van der Waals surface area contributed by atoms with E-state index >= 15 is 0 Å². The molecule has 1 aromatic carbocycles.